The van der Waals surface area contributed by atoms with E-state index in [0.29, 0.717) is 17.1 Å². The van der Waals surface area contributed by atoms with Gasteiger partial charge in [0.1, 0.15) is 23.4 Å². The van der Waals surface area contributed by atoms with Gasteiger partial charge in [-0.05, 0) is 54.6 Å². The fourth-order valence-corrected chi connectivity index (χ4v) is 2.28. The van der Waals surface area contributed by atoms with Crippen molar-refractivity contribution in [1.82, 2.24) is 9.97 Å². The smallest absolute Gasteiger partial charge is 0.354 e. The molecule has 0 unspecified atom stereocenters. The van der Waals surface area contributed by atoms with E-state index in [1.54, 1.807) is 24.3 Å². The molecule has 8 heteroatoms. The predicted octanol–water partition coefficient (Wildman–Crippen LogP) is 2.80. The van der Waals surface area contributed by atoms with Crippen LogP contribution in [0.15, 0.2) is 54.6 Å². The van der Waals surface area contributed by atoms with Crippen LogP contribution >= 0.6 is 0 Å². The maximum Gasteiger partial charge on any atom is 0.354 e. The van der Waals surface area contributed by atoms with Gasteiger partial charge < -0.3 is 20.1 Å². The number of aromatic carboxylic acids is 1. The second-order valence-corrected chi connectivity index (χ2v) is 5.59. The molecule has 3 aromatic rings. The Kier molecular flexibility index (Phi) is 5.39. The number of halogens is 1. The highest BCUT2D eigenvalue weighted by molar-refractivity contribution is 5.86. The summed E-state index contributed by atoms with van der Waals surface area (Å²) in [4.78, 5) is 19.3. The largest absolute Gasteiger partial charge is 0.477 e. The summed E-state index contributed by atoms with van der Waals surface area (Å²) in [5, 5.41) is 28.0. The predicted molar refractivity (Wildman–Crippen MR) is 92.9 cm³/mol. The van der Waals surface area contributed by atoms with Gasteiger partial charge in [0, 0.05) is 5.56 Å². The number of hydrogen-bond donors (Lipinski definition) is 3. The van der Waals surface area contributed by atoms with Crippen molar-refractivity contribution in [2.24, 2.45) is 0 Å². The Morgan fingerprint density at radius 3 is 2.19 bits per heavy atom. The molecule has 0 aliphatic carbocycles. The van der Waals surface area contributed by atoms with Crippen LogP contribution in [0.5, 0.6) is 11.5 Å². The second kappa shape index (κ2) is 7.90. The summed E-state index contributed by atoms with van der Waals surface area (Å²) in [7, 11) is 0. The van der Waals surface area contributed by atoms with Crippen molar-refractivity contribution in [3.05, 3.63) is 71.8 Å². The third-order valence-electron chi connectivity index (χ3n) is 3.64. The number of hydrogen-bond acceptors (Lipinski definition) is 6. The van der Waals surface area contributed by atoms with E-state index >= 15 is 0 Å². The van der Waals surface area contributed by atoms with E-state index in [0.717, 1.165) is 6.07 Å². The molecule has 0 aliphatic rings. The molecule has 0 saturated carbocycles. The summed E-state index contributed by atoms with van der Waals surface area (Å²) in [6.07, 6.45) is -1.31. The zero-order chi connectivity index (χ0) is 19.4. The van der Waals surface area contributed by atoms with Crippen LogP contribution in [0.25, 0.3) is 11.4 Å². The Labute approximate surface area is 153 Å². The Morgan fingerprint density at radius 2 is 1.63 bits per heavy atom. The highest BCUT2D eigenvalue weighted by Gasteiger charge is 2.16. The van der Waals surface area contributed by atoms with E-state index in [2.05, 4.69) is 9.97 Å². The van der Waals surface area contributed by atoms with Crippen molar-refractivity contribution < 1.29 is 29.2 Å². The van der Waals surface area contributed by atoms with Crippen LogP contribution in [-0.4, -0.2) is 37.9 Å². The molecule has 0 amide bonds. The molecule has 0 aliphatic heterocycles. The van der Waals surface area contributed by atoms with Gasteiger partial charge in [0.15, 0.2) is 11.5 Å². The lowest BCUT2D eigenvalue weighted by atomic mass is 10.1. The number of benzene rings is 2. The number of carboxylic acid groups (broad SMARTS) is 1. The summed E-state index contributed by atoms with van der Waals surface area (Å²) < 4.78 is 18.5. The highest BCUT2D eigenvalue weighted by Crippen LogP contribution is 2.25. The fourth-order valence-electron chi connectivity index (χ4n) is 2.28. The highest BCUT2D eigenvalue weighted by atomic mass is 19.1. The fraction of sp³-hybridized carbons (Fsp3) is 0.105. The molecule has 0 fully saturated rings. The summed E-state index contributed by atoms with van der Waals surface area (Å²) >= 11 is 0. The molecular formula is C19H15FN2O5. The Balaban J connectivity index is 1.88. The molecule has 0 spiro atoms. The lowest BCUT2D eigenvalue weighted by Gasteiger charge is -2.10. The van der Waals surface area contributed by atoms with Crippen LogP contribution < -0.4 is 4.74 Å². The second-order valence-electron chi connectivity index (χ2n) is 5.59. The van der Waals surface area contributed by atoms with Crippen LogP contribution in [0.3, 0.4) is 0 Å². The minimum Gasteiger partial charge on any atom is -0.477 e. The lowest BCUT2D eigenvalue weighted by molar-refractivity contribution is 0.0687. The maximum absolute atomic E-state index is 12.9. The summed E-state index contributed by atoms with van der Waals surface area (Å²) in [5.41, 5.74) is 0.205. The number of carbonyl (C=O) groups is 1. The van der Waals surface area contributed by atoms with Gasteiger partial charge in [-0.3, -0.25) is 0 Å². The molecule has 27 heavy (non-hydrogen) atoms. The van der Waals surface area contributed by atoms with E-state index in [-0.39, 0.29) is 23.0 Å². The molecule has 0 bridgehead atoms. The van der Waals surface area contributed by atoms with Gasteiger partial charge in [-0.2, -0.15) is 0 Å². The first-order valence-corrected chi connectivity index (χ1v) is 7.91. The molecular weight excluding hydrogens is 355 g/mol. The summed E-state index contributed by atoms with van der Waals surface area (Å²) in [6.45, 7) is -0.597. The van der Waals surface area contributed by atoms with Crippen LogP contribution in [0.1, 0.15) is 22.3 Å². The van der Waals surface area contributed by atoms with E-state index in [4.69, 9.17) is 9.84 Å². The molecule has 3 N–H and O–H groups in total. The quantitative estimate of drug-likeness (QED) is 0.611. The number of carboxylic acids is 1. The minimum atomic E-state index is -1.31. The molecule has 1 atom stereocenters. The van der Waals surface area contributed by atoms with Crippen molar-refractivity contribution in [3.8, 4) is 22.9 Å². The molecule has 0 radical (unpaired) electrons. The SMILES string of the molecule is O=C(O)c1cc([C@H](O)CO)nc(-c2ccc(Oc3ccc(F)cc3)cc2)n1. The minimum absolute atomic E-state index is 0.00605. The average molecular weight is 370 g/mol. The van der Waals surface area contributed by atoms with Crippen molar-refractivity contribution in [1.29, 1.82) is 0 Å². The van der Waals surface area contributed by atoms with Gasteiger partial charge in [-0.25, -0.2) is 19.2 Å². The van der Waals surface area contributed by atoms with Crippen LogP contribution in [0.2, 0.25) is 0 Å². The van der Waals surface area contributed by atoms with Gasteiger partial charge in [0.2, 0.25) is 0 Å². The van der Waals surface area contributed by atoms with Gasteiger partial charge in [0.25, 0.3) is 0 Å². The Hall–Kier alpha value is -3.36. The third-order valence-corrected chi connectivity index (χ3v) is 3.64. The molecule has 1 heterocycles. The van der Waals surface area contributed by atoms with Gasteiger partial charge in [0.05, 0.1) is 12.3 Å². The Morgan fingerprint density at radius 1 is 1.04 bits per heavy atom. The van der Waals surface area contributed by atoms with Gasteiger partial charge >= 0.3 is 5.97 Å². The lowest BCUT2D eigenvalue weighted by Crippen LogP contribution is -2.11. The number of rotatable bonds is 6. The van der Waals surface area contributed by atoms with E-state index < -0.39 is 18.7 Å². The van der Waals surface area contributed by atoms with Crippen molar-refractivity contribution >= 4 is 5.97 Å². The maximum atomic E-state index is 12.9. The van der Waals surface area contributed by atoms with Crippen LogP contribution in [-0.2, 0) is 0 Å². The van der Waals surface area contributed by atoms with Crippen LogP contribution in [0, 0.1) is 5.82 Å². The van der Waals surface area contributed by atoms with Crippen molar-refractivity contribution in [2.45, 2.75) is 6.10 Å². The number of aliphatic hydroxyl groups excluding tert-OH is 2. The molecule has 3 rings (SSSR count). The number of ether oxygens (including phenoxy) is 1. The van der Waals surface area contributed by atoms with Gasteiger partial charge in [-0.1, -0.05) is 0 Å². The summed E-state index contributed by atoms with van der Waals surface area (Å²) in [6, 6.07) is 13.1. The molecule has 1 aromatic heterocycles. The topological polar surface area (TPSA) is 113 Å². The third kappa shape index (κ3) is 4.43. The van der Waals surface area contributed by atoms with Crippen molar-refractivity contribution in [2.75, 3.05) is 6.61 Å². The van der Waals surface area contributed by atoms with E-state index in [9.17, 15) is 19.4 Å². The standard InChI is InChI=1S/C19H15FN2O5/c20-12-3-7-14(8-4-12)27-13-5-1-11(2-6-13)18-21-15(17(24)10-23)9-16(22-18)19(25)26/h1-9,17,23-24H,10H2,(H,25,26)/t17-/m1/s1. The zero-order valence-electron chi connectivity index (χ0n) is 13.9. The first kappa shape index (κ1) is 18.4. The number of aromatic nitrogens is 2. The number of aliphatic hydroxyl groups is 2. The summed E-state index contributed by atoms with van der Waals surface area (Å²) in [5.74, 6) is -0.613. The first-order valence-electron chi connectivity index (χ1n) is 7.91. The van der Waals surface area contributed by atoms with Gasteiger partial charge in [-0.15, -0.1) is 0 Å². The zero-order valence-corrected chi connectivity index (χ0v) is 13.9. The van der Waals surface area contributed by atoms with E-state index in [1.807, 2.05) is 0 Å². The van der Waals surface area contributed by atoms with Crippen LogP contribution in [0.4, 0.5) is 4.39 Å². The molecule has 138 valence electrons. The first-order chi connectivity index (χ1) is 13.0. The monoisotopic (exact) mass is 370 g/mol. The Bertz CT molecular complexity index is 945. The number of nitrogens with zero attached hydrogens (tertiary/aromatic N) is 2. The average Bonchev–Trinajstić information content (AvgIpc) is 2.69. The molecule has 2 aromatic carbocycles. The normalized spacial score (nSPS) is 11.8. The molecule has 0 saturated heterocycles. The van der Waals surface area contributed by atoms with Crippen molar-refractivity contribution in [3.63, 3.8) is 0 Å². The molecule has 7 nitrogen and oxygen atoms in total. The van der Waals surface area contributed by atoms with E-state index in [1.165, 1.54) is 24.3 Å².